The fourth-order valence-corrected chi connectivity index (χ4v) is 3.61. The van der Waals surface area contributed by atoms with Crippen LogP contribution in [0.15, 0.2) is 41.8 Å². The van der Waals surface area contributed by atoms with Crippen LogP contribution in [0.1, 0.15) is 15.2 Å². The van der Waals surface area contributed by atoms with Crippen molar-refractivity contribution < 1.29 is 14.0 Å². The Morgan fingerprint density at radius 3 is 2.46 bits per heavy atom. The van der Waals surface area contributed by atoms with Gasteiger partial charge in [0.2, 0.25) is 5.91 Å². The molecule has 2 heterocycles. The quantitative estimate of drug-likeness (QED) is 0.840. The first-order valence-electron chi connectivity index (χ1n) is 8.68. The van der Waals surface area contributed by atoms with E-state index < -0.39 is 0 Å². The van der Waals surface area contributed by atoms with Gasteiger partial charge in [0.15, 0.2) is 0 Å². The molecule has 3 rings (SSSR count). The monoisotopic (exact) mass is 375 g/mol. The van der Waals surface area contributed by atoms with Gasteiger partial charge in [0.1, 0.15) is 5.82 Å². The number of nitrogens with one attached hydrogen (secondary N) is 1. The van der Waals surface area contributed by atoms with E-state index in [2.05, 4.69) is 10.2 Å². The first-order chi connectivity index (χ1) is 12.6. The van der Waals surface area contributed by atoms with Gasteiger partial charge in [-0.3, -0.25) is 14.5 Å². The van der Waals surface area contributed by atoms with Crippen LogP contribution in [0.4, 0.5) is 4.39 Å². The van der Waals surface area contributed by atoms with Gasteiger partial charge in [0.25, 0.3) is 5.91 Å². The van der Waals surface area contributed by atoms with E-state index in [0.29, 0.717) is 45.7 Å². The van der Waals surface area contributed by atoms with Crippen LogP contribution in [0.3, 0.4) is 0 Å². The van der Waals surface area contributed by atoms with Crippen molar-refractivity contribution >= 4 is 23.2 Å². The van der Waals surface area contributed by atoms with E-state index in [1.54, 1.807) is 12.1 Å². The van der Waals surface area contributed by atoms with Gasteiger partial charge in [0, 0.05) is 32.7 Å². The lowest BCUT2D eigenvalue weighted by molar-refractivity contribution is -0.122. The Hall–Kier alpha value is -2.25. The number of amides is 2. The molecule has 26 heavy (non-hydrogen) atoms. The minimum atomic E-state index is -0.255. The number of thiophene rings is 1. The first kappa shape index (κ1) is 18.5. The van der Waals surface area contributed by atoms with Gasteiger partial charge in [-0.05, 0) is 35.6 Å². The van der Waals surface area contributed by atoms with Crippen LogP contribution >= 0.6 is 11.3 Å². The van der Waals surface area contributed by atoms with Crippen molar-refractivity contribution in [1.82, 2.24) is 15.1 Å². The highest BCUT2D eigenvalue weighted by Crippen LogP contribution is 2.13. The molecule has 138 valence electrons. The fourth-order valence-electron chi connectivity index (χ4n) is 2.92. The third-order valence-electron chi connectivity index (χ3n) is 4.41. The summed E-state index contributed by atoms with van der Waals surface area (Å²) in [5, 5.41) is 4.80. The third-order valence-corrected chi connectivity index (χ3v) is 5.27. The topological polar surface area (TPSA) is 52.7 Å². The Morgan fingerprint density at radius 2 is 1.81 bits per heavy atom. The molecule has 0 bridgehead atoms. The molecule has 0 saturated carbocycles. The van der Waals surface area contributed by atoms with E-state index >= 15 is 0 Å². The molecule has 2 aromatic rings. The standard InChI is InChI=1S/C19H22FN3O2S/c20-16-5-3-15(4-6-16)7-8-21-18(24)14-22-9-11-23(12-10-22)19(25)17-2-1-13-26-17/h1-6,13H,7-12,14H2,(H,21,24). The van der Waals surface area contributed by atoms with E-state index in [-0.39, 0.29) is 17.6 Å². The summed E-state index contributed by atoms with van der Waals surface area (Å²) in [6.07, 6.45) is 0.676. The van der Waals surface area contributed by atoms with Crippen LogP contribution in [-0.2, 0) is 11.2 Å². The van der Waals surface area contributed by atoms with E-state index in [0.717, 1.165) is 10.4 Å². The second-order valence-electron chi connectivity index (χ2n) is 6.27. The largest absolute Gasteiger partial charge is 0.355 e. The third kappa shape index (κ3) is 5.12. The Balaban J connectivity index is 1.35. The van der Waals surface area contributed by atoms with E-state index in [1.165, 1.54) is 23.5 Å². The molecule has 1 aromatic heterocycles. The molecule has 1 fully saturated rings. The smallest absolute Gasteiger partial charge is 0.264 e. The number of nitrogens with zero attached hydrogens (tertiary/aromatic N) is 2. The summed E-state index contributed by atoms with van der Waals surface area (Å²) in [5.41, 5.74) is 0.993. The molecule has 1 saturated heterocycles. The van der Waals surface area contributed by atoms with Gasteiger partial charge < -0.3 is 10.2 Å². The minimum absolute atomic E-state index is 0.0230. The predicted molar refractivity (Wildman–Crippen MR) is 99.8 cm³/mol. The molecule has 0 spiro atoms. The highest BCUT2D eigenvalue weighted by atomic mass is 32.1. The van der Waals surface area contributed by atoms with Crippen LogP contribution in [0.25, 0.3) is 0 Å². The molecule has 2 amide bonds. The average Bonchev–Trinajstić information content (AvgIpc) is 3.18. The van der Waals surface area contributed by atoms with Gasteiger partial charge >= 0.3 is 0 Å². The highest BCUT2D eigenvalue weighted by Gasteiger charge is 2.23. The summed E-state index contributed by atoms with van der Waals surface area (Å²) in [6, 6.07) is 10.0. The van der Waals surface area contributed by atoms with Crippen molar-refractivity contribution in [3.8, 4) is 0 Å². The van der Waals surface area contributed by atoms with E-state index in [9.17, 15) is 14.0 Å². The minimum Gasteiger partial charge on any atom is -0.355 e. The van der Waals surface area contributed by atoms with Crippen LogP contribution in [0.5, 0.6) is 0 Å². The molecular formula is C19H22FN3O2S. The molecular weight excluding hydrogens is 353 g/mol. The van der Waals surface area contributed by atoms with Crippen LogP contribution < -0.4 is 5.32 Å². The van der Waals surface area contributed by atoms with Gasteiger partial charge in [-0.2, -0.15) is 0 Å². The summed E-state index contributed by atoms with van der Waals surface area (Å²) >= 11 is 1.45. The van der Waals surface area contributed by atoms with Gasteiger partial charge in [-0.25, -0.2) is 4.39 Å². The highest BCUT2D eigenvalue weighted by molar-refractivity contribution is 7.12. The van der Waals surface area contributed by atoms with Crippen LogP contribution in [0, 0.1) is 5.82 Å². The first-order valence-corrected chi connectivity index (χ1v) is 9.56. The number of carbonyl (C=O) groups excluding carboxylic acids is 2. The zero-order chi connectivity index (χ0) is 18.4. The Kier molecular flexibility index (Phi) is 6.35. The molecule has 0 radical (unpaired) electrons. The van der Waals surface area contributed by atoms with Crippen molar-refractivity contribution in [2.45, 2.75) is 6.42 Å². The Bertz CT molecular complexity index is 726. The molecule has 7 heteroatoms. The molecule has 5 nitrogen and oxygen atoms in total. The SMILES string of the molecule is O=C(CN1CCN(C(=O)c2cccs2)CC1)NCCc1ccc(F)cc1. The number of benzene rings is 1. The number of hydrogen-bond donors (Lipinski definition) is 1. The summed E-state index contributed by atoms with van der Waals surface area (Å²) in [4.78, 5) is 29.0. The van der Waals surface area contributed by atoms with Crippen molar-refractivity contribution in [3.05, 3.63) is 58.0 Å². The summed E-state index contributed by atoms with van der Waals surface area (Å²) in [7, 11) is 0. The number of carbonyl (C=O) groups is 2. The number of halogens is 1. The Morgan fingerprint density at radius 1 is 1.08 bits per heavy atom. The van der Waals surface area contributed by atoms with Crippen molar-refractivity contribution in [2.24, 2.45) is 0 Å². The molecule has 0 unspecified atom stereocenters. The lowest BCUT2D eigenvalue weighted by Crippen LogP contribution is -2.51. The van der Waals surface area contributed by atoms with Crippen molar-refractivity contribution in [2.75, 3.05) is 39.3 Å². The molecule has 0 aliphatic carbocycles. The zero-order valence-corrected chi connectivity index (χ0v) is 15.3. The maximum absolute atomic E-state index is 12.9. The van der Waals surface area contributed by atoms with E-state index in [4.69, 9.17) is 0 Å². The maximum Gasteiger partial charge on any atom is 0.264 e. The second kappa shape index (κ2) is 8.91. The lowest BCUT2D eigenvalue weighted by atomic mass is 10.1. The van der Waals surface area contributed by atoms with Gasteiger partial charge in [0.05, 0.1) is 11.4 Å². The average molecular weight is 375 g/mol. The van der Waals surface area contributed by atoms with Crippen LogP contribution in [-0.4, -0.2) is 60.9 Å². The molecule has 0 atom stereocenters. The van der Waals surface area contributed by atoms with Gasteiger partial charge in [-0.1, -0.05) is 18.2 Å². The summed E-state index contributed by atoms with van der Waals surface area (Å²) in [5.74, 6) is -0.206. The predicted octanol–water partition coefficient (Wildman–Crippen LogP) is 2.00. The number of piperazine rings is 1. The molecule has 1 aliphatic rings. The second-order valence-corrected chi connectivity index (χ2v) is 7.22. The Labute approximate surface area is 156 Å². The van der Waals surface area contributed by atoms with Gasteiger partial charge in [-0.15, -0.1) is 11.3 Å². The van der Waals surface area contributed by atoms with Crippen LogP contribution in [0.2, 0.25) is 0 Å². The fraction of sp³-hybridized carbons (Fsp3) is 0.368. The molecule has 1 aliphatic heterocycles. The molecule has 1 aromatic carbocycles. The molecule has 1 N–H and O–H groups in total. The zero-order valence-electron chi connectivity index (χ0n) is 14.5. The normalized spacial score (nSPS) is 15.0. The number of rotatable bonds is 6. The summed E-state index contributed by atoms with van der Waals surface area (Å²) in [6.45, 7) is 3.54. The van der Waals surface area contributed by atoms with Crippen molar-refractivity contribution in [3.63, 3.8) is 0 Å². The van der Waals surface area contributed by atoms with E-state index in [1.807, 2.05) is 22.4 Å². The summed E-state index contributed by atoms with van der Waals surface area (Å²) < 4.78 is 12.9. The lowest BCUT2D eigenvalue weighted by Gasteiger charge is -2.34. The maximum atomic E-state index is 12.9. The number of hydrogen-bond acceptors (Lipinski definition) is 4. The van der Waals surface area contributed by atoms with Crippen molar-refractivity contribution in [1.29, 1.82) is 0 Å².